The number of fused-ring (bicyclic) bond motifs is 1. The zero-order valence-electron chi connectivity index (χ0n) is 15.4. The van der Waals surface area contributed by atoms with E-state index in [0.29, 0.717) is 0 Å². The Morgan fingerprint density at radius 1 is 1.11 bits per heavy atom. The maximum Gasteiger partial charge on any atom is 0.156 e. The van der Waals surface area contributed by atoms with Crippen molar-refractivity contribution < 1.29 is 30.0 Å². The van der Waals surface area contributed by atoms with Crippen LogP contribution in [-0.4, -0.2) is 30.0 Å². The molecule has 0 unspecified atom stereocenters. The maximum atomic E-state index is 10.0. The molecule has 0 saturated carbocycles. The van der Waals surface area contributed by atoms with Crippen LogP contribution in [0.15, 0.2) is 78.8 Å². The van der Waals surface area contributed by atoms with E-state index in [0.717, 1.165) is 22.8 Å². The first-order chi connectivity index (χ1) is 13.1. The first-order valence-electron chi connectivity index (χ1n) is 8.38. The van der Waals surface area contributed by atoms with Crippen LogP contribution in [0.5, 0.6) is 0 Å². The molecule has 1 aromatic carbocycles. The summed E-state index contributed by atoms with van der Waals surface area (Å²) in [5.74, 6) is 0.724. The summed E-state index contributed by atoms with van der Waals surface area (Å²) < 4.78 is 3.90. The second-order valence-corrected chi connectivity index (χ2v) is 5.83. The van der Waals surface area contributed by atoms with Crippen LogP contribution in [-0.2, 0) is 24.9 Å². The standard InChI is InChI=1S/C16H11N4.C5H8O2.Ir/c1-2-7-13(8-3-1)20-15-14(9-6-10-17-15)18-16(20)19-11-4-5-12-19;1-4(6)3-5(2)7;/h1-11H;3,6H,1-2H3;/q-1;;/b;4-3-;. The molecule has 28 heavy (non-hydrogen) atoms. The van der Waals surface area contributed by atoms with Crippen molar-refractivity contribution in [1.29, 1.82) is 0 Å². The number of imidazole rings is 1. The molecule has 1 N–H and O–H groups in total. The second-order valence-electron chi connectivity index (χ2n) is 5.83. The molecule has 0 spiro atoms. The van der Waals surface area contributed by atoms with Crippen molar-refractivity contribution >= 4 is 16.9 Å². The van der Waals surface area contributed by atoms with Crippen molar-refractivity contribution in [2.45, 2.75) is 13.8 Å². The molecule has 0 saturated heterocycles. The second kappa shape index (κ2) is 9.78. The maximum absolute atomic E-state index is 10.0. The smallest absolute Gasteiger partial charge is 0.156 e. The molecular weight excluding hydrogens is 532 g/mol. The minimum absolute atomic E-state index is 0. The summed E-state index contributed by atoms with van der Waals surface area (Å²) in [5, 5.41) is 8.36. The Labute approximate surface area is 176 Å². The summed E-state index contributed by atoms with van der Waals surface area (Å²) in [6, 6.07) is 17.8. The average Bonchev–Trinajstić information content (AvgIpc) is 3.29. The summed E-state index contributed by atoms with van der Waals surface area (Å²) in [4.78, 5) is 19.1. The average molecular weight is 552 g/mol. The van der Waals surface area contributed by atoms with E-state index in [1.165, 1.54) is 19.9 Å². The van der Waals surface area contributed by atoms with E-state index in [4.69, 9.17) is 5.11 Å². The first-order valence-corrected chi connectivity index (χ1v) is 8.38. The van der Waals surface area contributed by atoms with E-state index >= 15 is 0 Å². The Morgan fingerprint density at radius 3 is 2.43 bits per heavy atom. The van der Waals surface area contributed by atoms with Crippen LogP contribution in [0.1, 0.15) is 13.8 Å². The monoisotopic (exact) mass is 552 g/mol. The van der Waals surface area contributed by atoms with Gasteiger partial charge in [-0.05, 0) is 38.1 Å². The Kier molecular flexibility index (Phi) is 7.43. The molecule has 3 heterocycles. The molecule has 0 aliphatic heterocycles. The number of hydrogen-bond acceptors (Lipinski definition) is 4. The summed E-state index contributed by atoms with van der Waals surface area (Å²) in [7, 11) is 0. The molecule has 0 amide bonds. The fourth-order valence-corrected chi connectivity index (χ4v) is 2.59. The van der Waals surface area contributed by atoms with E-state index in [9.17, 15) is 4.79 Å². The predicted octanol–water partition coefficient (Wildman–Crippen LogP) is 4.05. The molecule has 0 atom stereocenters. The van der Waals surface area contributed by atoms with Gasteiger partial charge in [-0.3, -0.25) is 9.78 Å². The number of pyridine rings is 1. The molecule has 3 aromatic heterocycles. The van der Waals surface area contributed by atoms with Crippen LogP contribution in [0.2, 0.25) is 0 Å². The molecule has 0 aliphatic rings. The van der Waals surface area contributed by atoms with Gasteiger partial charge < -0.3 is 14.2 Å². The molecule has 7 heteroatoms. The molecular formula is C21H19IrN4O2-. The Balaban J connectivity index is 0.000000306. The third-order valence-electron chi connectivity index (χ3n) is 3.59. The van der Waals surface area contributed by atoms with E-state index < -0.39 is 0 Å². The number of nitrogens with zero attached hydrogens (tertiary/aromatic N) is 4. The first kappa shape index (κ1) is 21.3. The van der Waals surface area contributed by atoms with E-state index in [2.05, 4.69) is 16.2 Å². The van der Waals surface area contributed by atoms with Crippen molar-refractivity contribution in [3.63, 3.8) is 0 Å². The van der Waals surface area contributed by atoms with Crippen molar-refractivity contribution in [3.05, 3.63) is 85.0 Å². The van der Waals surface area contributed by atoms with Gasteiger partial charge in [0.1, 0.15) is 5.95 Å². The van der Waals surface area contributed by atoms with Gasteiger partial charge in [0, 0.05) is 38.1 Å². The van der Waals surface area contributed by atoms with E-state index in [1.807, 2.05) is 69.9 Å². The number of carbonyl (C=O) groups excluding carboxylic acids is 1. The Hall–Kier alpha value is -3.02. The van der Waals surface area contributed by atoms with Gasteiger partial charge in [-0.15, -0.1) is 12.3 Å². The van der Waals surface area contributed by atoms with Gasteiger partial charge in [-0.1, -0.05) is 24.4 Å². The Morgan fingerprint density at radius 2 is 1.86 bits per heavy atom. The van der Waals surface area contributed by atoms with Crippen LogP contribution >= 0.6 is 0 Å². The van der Waals surface area contributed by atoms with Crippen molar-refractivity contribution in [3.8, 4) is 11.6 Å². The van der Waals surface area contributed by atoms with Crippen LogP contribution in [0, 0.1) is 6.20 Å². The number of carbonyl (C=O) groups is 1. The minimum Gasteiger partial charge on any atom is -0.512 e. The predicted molar refractivity (Wildman–Crippen MR) is 104 cm³/mol. The van der Waals surface area contributed by atoms with Crippen LogP contribution in [0.3, 0.4) is 0 Å². The zero-order valence-corrected chi connectivity index (χ0v) is 17.8. The number of ketones is 1. The largest absolute Gasteiger partial charge is 0.512 e. The zero-order chi connectivity index (χ0) is 19.2. The van der Waals surface area contributed by atoms with Gasteiger partial charge in [0.25, 0.3) is 0 Å². The van der Waals surface area contributed by atoms with Gasteiger partial charge in [-0.25, -0.2) is 4.98 Å². The number of rotatable bonds is 3. The molecule has 0 aliphatic carbocycles. The summed E-state index contributed by atoms with van der Waals surface area (Å²) >= 11 is 0. The number of hydrogen-bond donors (Lipinski definition) is 1. The van der Waals surface area contributed by atoms with Crippen molar-refractivity contribution in [2.75, 3.05) is 0 Å². The third-order valence-corrected chi connectivity index (χ3v) is 3.59. The molecule has 0 fully saturated rings. The third kappa shape index (κ3) is 5.03. The molecule has 4 rings (SSSR count). The molecule has 6 nitrogen and oxygen atoms in total. The Bertz CT molecular complexity index is 1070. The van der Waals surface area contributed by atoms with Crippen molar-refractivity contribution in [1.82, 2.24) is 19.1 Å². The van der Waals surface area contributed by atoms with Crippen LogP contribution in [0.4, 0.5) is 0 Å². The summed E-state index contributed by atoms with van der Waals surface area (Å²) in [5.41, 5.74) is 2.75. The number of benzene rings is 1. The van der Waals surface area contributed by atoms with Gasteiger partial charge in [0.05, 0.1) is 11.3 Å². The number of para-hydroxylation sites is 1. The van der Waals surface area contributed by atoms with Crippen LogP contribution < -0.4 is 0 Å². The summed E-state index contributed by atoms with van der Waals surface area (Å²) in [6.45, 7) is 2.85. The molecule has 1 radical (unpaired) electrons. The topological polar surface area (TPSA) is 72.9 Å². The van der Waals surface area contributed by atoms with Gasteiger partial charge >= 0.3 is 0 Å². The number of aromatic nitrogens is 4. The molecule has 145 valence electrons. The number of aliphatic hydroxyl groups excluding tert-OH is 1. The molecule has 4 aromatic rings. The quantitative estimate of drug-likeness (QED) is 0.237. The van der Waals surface area contributed by atoms with E-state index in [1.54, 1.807) is 6.20 Å². The van der Waals surface area contributed by atoms with Gasteiger partial charge in [-0.2, -0.15) is 6.07 Å². The van der Waals surface area contributed by atoms with Gasteiger partial charge in [0.2, 0.25) is 0 Å². The number of allylic oxidation sites excluding steroid dienone is 2. The molecule has 0 bridgehead atoms. The minimum atomic E-state index is -0.125. The normalized spacial score (nSPS) is 10.7. The fourth-order valence-electron chi connectivity index (χ4n) is 2.59. The van der Waals surface area contributed by atoms with Gasteiger partial charge in [0.15, 0.2) is 11.4 Å². The fraction of sp³-hybridized carbons (Fsp3) is 0.0952. The van der Waals surface area contributed by atoms with Crippen LogP contribution in [0.25, 0.3) is 22.8 Å². The summed E-state index contributed by atoms with van der Waals surface area (Å²) in [6.07, 6.45) is 8.01. The SMILES string of the molecule is CC(=O)/C=C(/C)O.[Ir].[c-]1cccn1-c1nc2cccnc2n1-c1ccccc1. The number of aliphatic hydroxyl groups is 1. The van der Waals surface area contributed by atoms with E-state index in [-0.39, 0.29) is 31.6 Å². The van der Waals surface area contributed by atoms with Crippen molar-refractivity contribution in [2.24, 2.45) is 0 Å².